The Kier molecular flexibility index (Phi) is 4.02. The van der Waals surface area contributed by atoms with Crippen molar-refractivity contribution >= 4 is 5.91 Å². The minimum Gasteiger partial charge on any atom is -0.376 e. The predicted octanol–water partition coefficient (Wildman–Crippen LogP) is 2.26. The molecule has 0 aromatic heterocycles. The van der Waals surface area contributed by atoms with Crippen LogP contribution in [0.25, 0.3) is 0 Å². The van der Waals surface area contributed by atoms with Gasteiger partial charge in [0, 0.05) is 13.2 Å². The zero-order chi connectivity index (χ0) is 13.0. The molecule has 1 aromatic rings. The lowest BCUT2D eigenvalue weighted by atomic mass is 9.84. The molecule has 0 spiro atoms. The highest BCUT2D eigenvalue weighted by Gasteiger charge is 2.30. The first kappa shape index (κ1) is 13.1. The fourth-order valence-corrected chi connectivity index (χ4v) is 2.22. The predicted molar refractivity (Wildman–Crippen MR) is 71.5 cm³/mol. The molecule has 1 heterocycles. The molecule has 1 aromatic carbocycles. The van der Waals surface area contributed by atoms with E-state index in [1.165, 1.54) is 0 Å². The molecule has 0 aliphatic carbocycles. The summed E-state index contributed by atoms with van der Waals surface area (Å²) in [7, 11) is 0. The quantitative estimate of drug-likeness (QED) is 0.886. The summed E-state index contributed by atoms with van der Waals surface area (Å²) in [6.07, 6.45) is 2.34. The number of rotatable bonds is 4. The minimum absolute atomic E-state index is 0.0594. The third kappa shape index (κ3) is 2.91. The van der Waals surface area contributed by atoms with Gasteiger partial charge in [-0.1, -0.05) is 30.3 Å². The summed E-state index contributed by atoms with van der Waals surface area (Å²) in [5.41, 5.74) is 0.537. The van der Waals surface area contributed by atoms with Crippen LogP contribution in [0.3, 0.4) is 0 Å². The van der Waals surface area contributed by atoms with E-state index in [0.29, 0.717) is 6.54 Å². The van der Waals surface area contributed by atoms with E-state index in [4.69, 9.17) is 4.74 Å². The minimum atomic E-state index is -0.500. The Morgan fingerprint density at radius 3 is 2.72 bits per heavy atom. The van der Waals surface area contributed by atoms with Gasteiger partial charge in [0.2, 0.25) is 5.91 Å². The highest BCUT2D eigenvalue weighted by atomic mass is 16.5. The Morgan fingerprint density at radius 1 is 1.39 bits per heavy atom. The monoisotopic (exact) mass is 247 g/mol. The maximum absolute atomic E-state index is 12.3. The van der Waals surface area contributed by atoms with Gasteiger partial charge in [0.25, 0.3) is 0 Å². The van der Waals surface area contributed by atoms with Crippen LogP contribution in [0.1, 0.15) is 32.3 Å². The van der Waals surface area contributed by atoms with E-state index in [-0.39, 0.29) is 12.0 Å². The van der Waals surface area contributed by atoms with Gasteiger partial charge in [0.05, 0.1) is 11.5 Å². The molecular weight excluding hydrogens is 226 g/mol. The van der Waals surface area contributed by atoms with Crippen LogP contribution in [0.5, 0.6) is 0 Å². The molecule has 0 bridgehead atoms. The Hall–Kier alpha value is -1.35. The van der Waals surface area contributed by atoms with Crippen molar-refractivity contribution in [3.63, 3.8) is 0 Å². The van der Waals surface area contributed by atoms with Crippen molar-refractivity contribution in [1.82, 2.24) is 5.32 Å². The number of hydrogen-bond donors (Lipinski definition) is 1. The maximum Gasteiger partial charge on any atom is 0.230 e. The molecule has 0 radical (unpaired) electrons. The molecular formula is C15H21NO2. The van der Waals surface area contributed by atoms with Crippen LogP contribution in [0, 0.1) is 0 Å². The van der Waals surface area contributed by atoms with Crippen molar-refractivity contribution in [3.8, 4) is 0 Å². The van der Waals surface area contributed by atoms with Crippen molar-refractivity contribution in [1.29, 1.82) is 0 Å². The fraction of sp³-hybridized carbons (Fsp3) is 0.533. The van der Waals surface area contributed by atoms with Gasteiger partial charge in [-0.05, 0) is 32.3 Å². The molecule has 1 N–H and O–H groups in total. The van der Waals surface area contributed by atoms with Crippen LogP contribution >= 0.6 is 0 Å². The molecule has 1 atom stereocenters. The zero-order valence-corrected chi connectivity index (χ0v) is 11.1. The number of benzene rings is 1. The molecule has 18 heavy (non-hydrogen) atoms. The molecule has 1 amide bonds. The molecule has 1 saturated heterocycles. The summed E-state index contributed by atoms with van der Waals surface area (Å²) in [4.78, 5) is 12.3. The molecule has 2 rings (SSSR count). The van der Waals surface area contributed by atoms with Crippen molar-refractivity contribution in [3.05, 3.63) is 35.9 Å². The summed E-state index contributed by atoms with van der Waals surface area (Å²) in [5, 5.41) is 3.00. The largest absolute Gasteiger partial charge is 0.376 e. The van der Waals surface area contributed by atoms with Gasteiger partial charge in [-0.3, -0.25) is 4.79 Å². The smallest absolute Gasteiger partial charge is 0.230 e. The van der Waals surface area contributed by atoms with Gasteiger partial charge in [0.15, 0.2) is 0 Å². The van der Waals surface area contributed by atoms with E-state index in [2.05, 4.69) is 5.32 Å². The van der Waals surface area contributed by atoms with Crippen LogP contribution in [0.4, 0.5) is 0 Å². The third-order valence-electron chi connectivity index (χ3n) is 3.58. The molecule has 98 valence electrons. The molecule has 3 heteroatoms. The number of ether oxygens (including phenoxy) is 1. The lowest BCUT2D eigenvalue weighted by molar-refractivity contribution is -0.126. The molecule has 0 unspecified atom stereocenters. The normalized spacial score (nSPS) is 19.8. The van der Waals surface area contributed by atoms with E-state index in [1.54, 1.807) is 0 Å². The lowest BCUT2D eigenvalue weighted by Crippen LogP contribution is -2.43. The number of carbonyl (C=O) groups is 1. The van der Waals surface area contributed by atoms with Crippen molar-refractivity contribution in [2.24, 2.45) is 0 Å². The highest BCUT2D eigenvalue weighted by Crippen LogP contribution is 2.23. The SMILES string of the molecule is CC(C)(C(=O)NC[C@@H]1CCCO1)c1ccccc1. The van der Waals surface area contributed by atoms with E-state index in [1.807, 2.05) is 44.2 Å². The number of carbonyl (C=O) groups excluding carboxylic acids is 1. The zero-order valence-electron chi connectivity index (χ0n) is 11.1. The molecule has 1 fully saturated rings. The first-order valence-electron chi connectivity index (χ1n) is 6.56. The summed E-state index contributed by atoms with van der Waals surface area (Å²) in [5.74, 6) is 0.0594. The molecule has 3 nitrogen and oxygen atoms in total. The molecule has 1 aliphatic heterocycles. The first-order chi connectivity index (χ1) is 8.60. The van der Waals surface area contributed by atoms with Crippen LogP contribution < -0.4 is 5.32 Å². The molecule has 1 aliphatic rings. The second-order valence-electron chi connectivity index (χ2n) is 5.34. The van der Waals surface area contributed by atoms with Crippen molar-refractivity contribution in [2.75, 3.05) is 13.2 Å². The van der Waals surface area contributed by atoms with E-state index in [0.717, 1.165) is 25.0 Å². The second-order valence-corrected chi connectivity index (χ2v) is 5.34. The number of amides is 1. The summed E-state index contributed by atoms with van der Waals surface area (Å²) < 4.78 is 5.51. The van der Waals surface area contributed by atoms with E-state index >= 15 is 0 Å². The van der Waals surface area contributed by atoms with Gasteiger partial charge in [-0.25, -0.2) is 0 Å². The lowest BCUT2D eigenvalue weighted by Gasteiger charge is -2.25. The standard InChI is InChI=1S/C15H21NO2/c1-15(2,12-7-4-3-5-8-12)14(17)16-11-13-9-6-10-18-13/h3-5,7-8,13H,6,9-11H2,1-2H3,(H,16,17)/t13-/m0/s1. The fourth-order valence-electron chi connectivity index (χ4n) is 2.22. The van der Waals surface area contributed by atoms with Crippen LogP contribution in [0.15, 0.2) is 30.3 Å². The highest BCUT2D eigenvalue weighted by molar-refractivity contribution is 5.87. The summed E-state index contributed by atoms with van der Waals surface area (Å²) in [6, 6.07) is 9.87. The van der Waals surface area contributed by atoms with E-state index < -0.39 is 5.41 Å². The average Bonchev–Trinajstić information content (AvgIpc) is 2.90. The first-order valence-corrected chi connectivity index (χ1v) is 6.56. The van der Waals surface area contributed by atoms with E-state index in [9.17, 15) is 4.79 Å². The Balaban J connectivity index is 1.94. The topological polar surface area (TPSA) is 38.3 Å². The van der Waals surface area contributed by atoms with Gasteiger partial charge >= 0.3 is 0 Å². The van der Waals surface area contributed by atoms with Crippen molar-refractivity contribution in [2.45, 2.75) is 38.2 Å². The second kappa shape index (κ2) is 5.53. The Labute approximate surface area is 109 Å². The van der Waals surface area contributed by atoms with Crippen LogP contribution in [-0.4, -0.2) is 25.2 Å². The number of nitrogens with one attached hydrogen (secondary N) is 1. The molecule has 0 saturated carbocycles. The van der Waals surface area contributed by atoms with Gasteiger partial charge in [0.1, 0.15) is 0 Å². The van der Waals surface area contributed by atoms with Gasteiger partial charge in [-0.2, -0.15) is 0 Å². The summed E-state index contributed by atoms with van der Waals surface area (Å²) in [6.45, 7) is 5.35. The maximum atomic E-state index is 12.3. The number of hydrogen-bond acceptors (Lipinski definition) is 2. The van der Waals surface area contributed by atoms with Gasteiger partial charge in [-0.15, -0.1) is 0 Å². The van der Waals surface area contributed by atoms with Crippen molar-refractivity contribution < 1.29 is 9.53 Å². The Morgan fingerprint density at radius 2 is 2.11 bits per heavy atom. The van der Waals surface area contributed by atoms with Crippen LogP contribution in [-0.2, 0) is 14.9 Å². The van der Waals surface area contributed by atoms with Crippen LogP contribution in [0.2, 0.25) is 0 Å². The summed E-state index contributed by atoms with van der Waals surface area (Å²) >= 11 is 0. The Bertz CT molecular complexity index is 394. The van der Waals surface area contributed by atoms with Gasteiger partial charge < -0.3 is 10.1 Å². The average molecular weight is 247 g/mol. The third-order valence-corrected chi connectivity index (χ3v) is 3.58.